The molecule has 0 aromatic heterocycles. The Bertz CT molecular complexity index is 1380. The normalized spacial score (nSPS) is 13.0. The molecule has 248 valence electrons. The molecule has 3 aromatic rings. The highest BCUT2D eigenvalue weighted by molar-refractivity contribution is 6.11. The lowest BCUT2D eigenvalue weighted by Gasteiger charge is -2.26. The average molecular weight is 621 g/mol. The van der Waals surface area contributed by atoms with Crippen LogP contribution >= 0.6 is 0 Å². The first kappa shape index (κ1) is 36.2. The van der Waals surface area contributed by atoms with Crippen molar-refractivity contribution in [3.8, 4) is 11.5 Å². The number of esters is 2. The van der Waals surface area contributed by atoms with Crippen molar-refractivity contribution in [3.63, 3.8) is 0 Å². The molecule has 0 spiro atoms. The van der Waals surface area contributed by atoms with Gasteiger partial charge in [0.05, 0.1) is 0 Å². The lowest BCUT2D eigenvalue weighted by molar-refractivity contribution is -0.151. The number of carbonyl (C=O) groups is 2. The third-order valence-corrected chi connectivity index (χ3v) is 8.89. The molecule has 3 rings (SSSR count). The number of fused-ring (bicyclic) bond motifs is 2. The molecular formula is C39H56O6. The van der Waals surface area contributed by atoms with Crippen molar-refractivity contribution in [3.05, 3.63) is 48.0 Å². The summed E-state index contributed by atoms with van der Waals surface area (Å²) in [5, 5.41) is 3.75. The zero-order chi connectivity index (χ0) is 32.8. The third-order valence-electron chi connectivity index (χ3n) is 8.89. The number of unbranched alkanes of at least 4 members (excludes halogenated alkanes) is 4. The lowest BCUT2D eigenvalue weighted by atomic mass is 9.81. The van der Waals surface area contributed by atoms with Crippen LogP contribution < -0.4 is 9.47 Å². The first-order valence-electron chi connectivity index (χ1n) is 17.3. The van der Waals surface area contributed by atoms with E-state index in [9.17, 15) is 9.59 Å². The topological polar surface area (TPSA) is 71.1 Å². The van der Waals surface area contributed by atoms with E-state index in [1.54, 1.807) is 0 Å². The summed E-state index contributed by atoms with van der Waals surface area (Å²) in [4.78, 5) is 25.0. The summed E-state index contributed by atoms with van der Waals surface area (Å²) >= 11 is 0. The van der Waals surface area contributed by atoms with Crippen molar-refractivity contribution in [2.75, 3.05) is 13.2 Å². The Morgan fingerprint density at radius 1 is 0.644 bits per heavy atom. The van der Waals surface area contributed by atoms with Crippen LogP contribution in [0.4, 0.5) is 0 Å². The van der Waals surface area contributed by atoms with Gasteiger partial charge in [0.2, 0.25) is 0 Å². The maximum Gasteiger partial charge on any atom is 0.306 e. The third kappa shape index (κ3) is 10.1. The van der Waals surface area contributed by atoms with Gasteiger partial charge in [0, 0.05) is 34.4 Å². The molecule has 0 aliphatic rings. The summed E-state index contributed by atoms with van der Waals surface area (Å²) in [6.07, 6.45) is 8.37. The quantitative estimate of drug-likeness (QED) is 0.0711. The standard InChI is InChI=1S/C39H56O6/c1-8-13-15-21-35(40)44-29(10-3)26-42-37-31-19-17-18-20-32(31)38(34-25-28(23-24-33(34)37)39(6,7)12-5)43-27-30(11-4)45-36(41)22-16-14-9-2/h17-20,23-25,29-30H,8-16,21-22,26-27H2,1-7H3. The van der Waals surface area contributed by atoms with E-state index < -0.39 is 0 Å². The molecule has 0 saturated carbocycles. The molecule has 0 N–H and O–H groups in total. The van der Waals surface area contributed by atoms with Gasteiger partial charge in [-0.2, -0.15) is 0 Å². The van der Waals surface area contributed by atoms with Crippen LogP contribution in [-0.4, -0.2) is 37.4 Å². The van der Waals surface area contributed by atoms with E-state index in [0.29, 0.717) is 25.7 Å². The molecule has 6 heteroatoms. The van der Waals surface area contributed by atoms with Crippen LogP contribution in [0.2, 0.25) is 0 Å². The smallest absolute Gasteiger partial charge is 0.306 e. The Labute approximate surface area is 271 Å². The predicted octanol–water partition coefficient (Wildman–Crippen LogP) is 10.2. The van der Waals surface area contributed by atoms with Gasteiger partial charge in [0.15, 0.2) is 0 Å². The Morgan fingerprint density at radius 2 is 1.11 bits per heavy atom. The SMILES string of the molecule is CCCCCC(=O)OC(CC)COc1c2ccccc2c(OCC(CC)OC(=O)CCCCC)c2cc(C(C)(C)CC)ccc12. The summed E-state index contributed by atoms with van der Waals surface area (Å²) in [5.41, 5.74) is 1.18. The van der Waals surface area contributed by atoms with Gasteiger partial charge in [-0.05, 0) is 49.1 Å². The Balaban J connectivity index is 1.99. The van der Waals surface area contributed by atoms with Gasteiger partial charge in [-0.3, -0.25) is 9.59 Å². The van der Waals surface area contributed by atoms with Gasteiger partial charge >= 0.3 is 11.9 Å². The van der Waals surface area contributed by atoms with Crippen molar-refractivity contribution in [1.29, 1.82) is 0 Å². The van der Waals surface area contributed by atoms with E-state index in [2.05, 4.69) is 58.9 Å². The lowest BCUT2D eigenvalue weighted by Crippen LogP contribution is -2.25. The molecule has 2 atom stereocenters. The van der Waals surface area contributed by atoms with E-state index >= 15 is 0 Å². The molecule has 0 amide bonds. The molecule has 0 radical (unpaired) electrons. The maximum absolute atomic E-state index is 12.5. The average Bonchev–Trinajstić information content (AvgIpc) is 3.04. The summed E-state index contributed by atoms with van der Waals surface area (Å²) in [7, 11) is 0. The van der Waals surface area contributed by atoms with Crippen LogP contribution in [0.1, 0.15) is 125 Å². The maximum atomic E-state index is 12.5. The van der Waals surface area contributed by atoms with Crippen LogP contribution in [0.5, 0.6) is 11.5 Å². The van der Waals surface area contributed by atoms with Crippen LogP contribution in [0.3, 0.4) is 0 Å². The van der Waals surface area contributed by atoms with Crippen LogP contribution in [0.15, 0.2) is 42.5 Å². The highest BCUT2D eigenvalue weighted by atomic mass is 16.6. The van der Waals surface area contributed by atoms with E-state index in [1.807, 2.05) is 32.0 Å². The van der Waals surface area contributed by atoms with Crippen LogP contribution in [0.25, 0.3) is 21.5 Å². The van der Waals surface area contributed by atoms with Crippen molar-refractivity contribution in [2.45, 2.75) is 137 Å². The molecule has 0 bridgehead atoms. The zero-order valence-electron chi connectivity index (χ0n) is 28.8. The number of hydrogen-bond donors (Lipinski definition) is 0. The molecule has 3 aromatic carbocycles. The minimum atomic E-state index is -0.337. The van der Waals surface area contributed by atoms with Crippen molar-refractivity contribution >= 4 is 33.5 Å². The second-order valence-electron chi connectivity index (χ2n) is 12.8. The van der Waals surface area contributed by atoms with E-state index in [-0.39, 0.29) is 42.8 Å². The molecule has 0 fully saturated rings. The predicted molar refractivity (Wildman–Crippen MR) is 184 cm³/mol. The fourth-order valence-electron chi connectivity index (χ4n) is 5.39. The first-order valence-corrected chi connectivity index (χ1v) is 17.3. The summed E-state index contributed by atoms with van der Waals surface area (Å²) in [6.45, 7) is 15.5. The minimum absolute atomic E-state index is 0.0304. The Morgan fingerprint density at radius 3 is 1.56 bits per heavy atom. The molecule has 45 heavy (non-hydrogen) atoms. The highest BCUT2D eigenvalue weighted by Gasteiger charge is 2.24. The highest BCUT2D eigenvalue weighted by Crippen LogP contribution is 2.44. The second-order valence-corrected chi connectivity index (χ2v) is 12.8. The molecule has 6 nitrogen and oxygen atoms in total. The number of rotatable bonds is 20. The molecule has 0 aliphatic heterocycles. The number of ether oxygens (including phenoxy) is 4. The fraction of sp³-hybridized carbons (Fsp3) is 0.590. The van der Waals surface area contributed by atoms with Crippen molar-refractivity contribution in [2.24, 2.45) is 0 Å². The molecular weight excluding hydrogens is 564 g/mol. The molecule has 0 heterocycles. The molecule has 0 aliphatic carbocycles. The van der Waals surface area contributed by atoms with Gasteiger partial charge in [0.25, 0.3) is 0 Å². The van der Waals surface area contributed by atoms with E-state index in [0.717, 1.165) is 78.0 Å². The number of carbonyl (C=O) groups excluding carboxylic acids is 2. The molecule has 2 unspecified atom stereocenters. The summed E-state index contributed by atoms with van der Waals surface area (Å²) < 4.78 is 24.8. The van der Waals surface area contributed by atoms with Crippen molar-refractivity contribution < 1.29 is 28.5 Å². The van der Waals surface area contributed by atoms with Gasteiger partial charge in [-0.15, -0.1) is 0 Å². The monoisotopic (exact) mass is 620 g/mol. The van der Waals surface area contributed by atoms with Crippen molar-refractivity contribution in [1.82, 2.24) is 0 Å². The zero-order valence-corrected chi connectivity index (χ0v) is 28.8. The van der Waals surface area contributed by atoms with Crippen LogP contribution in [-0.2, 0) is 24.5 Å². The van der Waals surface area contributed by atoms with Gasteiger partial charge in [-0.1, -0.05) is 111 Å². The fourth-order valence-corrected chi connectivity index (χ4v) is 5.39. The Kier molecular flexibility index (Phi) is 14.5. The van der Waals surface area contributed by atoms with Crippen LogP contribution in [0, 0.1) is 0 Å². The number of hydrogen-bond acceptors (Lipinski definition) is 6. The minimum Gasteiger partial charge on any atom is -0.488 e. The van der Waals surface area contributed by atoms with Gasteiger partial charge in [0.1, 0.15) is 36.9 Å². The largest absolute Gasteiger partial charge is 0.488 e. The first-order chi connectivity index (χ1) is 21.7. The van der Waals surface area contributed by atoms with Gasteiger partial charge < -0.3 is 18.9 Å². The molecule has 0 saturated heterocycles. The van der Waals surface area contributed by atoms with E-state index in [1.165, 1.54) is 5.56 Å². The van der Waals surface area contributed by atoms with E-state index in [4.69, 9.17) is 18.9 Å². The summed E-state index contributed by atoms with van der Waals surface area (Å²) in [5.74, 6) is 1.18. The number of benzene rings is 3. The summed E-state index contributed by atoms with van der Waals surface area (Å²) in [6, 6.07) is 14.6. The Hall–Kier alpha value is -3.28. The second kappa shape index (κ2) is 18.0. The van der Waals surface area contributed by atoms with Gasteiger partial charge in [-0.25, -0.2) is 0 Å².